The van der Waals surface area contributed by atoms with Crippen LogP contribution < -0.4 is 4.74 Å². The van der Waals surface area contributed by atoms with Gasteiger partial charge in [0.15, 0.2) is 6.10 Å². The Morgan fingerprint density at radius 1 is 1.12 bits per heavy atom. The van der Waals surface area contributed by atoms with E-state index in [1.807, 2.05) is 55.5 Å². The predicted molar refractivity (Wildman–Crippen MR) is 95.9 cm³/mol. The van der Waals surface area contributed by atoms with E-state index in [2.05, 4.69) is 0 Å². The summed E-state index contributed by atoms with van der Waals surface area (Å²) in [5.41, 5.74) is 1.86. The molecule has 3 aromatic rings. The van der Waals surface area contributed by atoms with Gasteiger partial charge in [0.25, 0.3) is 0 Å². The molecule has 3 aromatic carbocycles. The molecule has 1 atom stereocenters. The Morgan fingerprint density at radius 2 is 1.88 bits per heavy atom. The fourth-order valence-electron chi connectivity index (χ4n) is 2.72. The van der Waals surface area contributed by atoms with E-state index in [1.165, 1.54) is 0 Å². The lowest BCUT2D eigenvalue weighted by Gasteiger charge is -2.18. The van der Waals surface area contributed by atoms with Crippen molar-refractivity contribution in [2.75, 3.05) is 0 Å². The van der Waals surface area contributed by atoms with Gasteiger partial charge in [0.05, 0.1) is 0 Å². The van der Waals surface area contributed by atoms with E-state index in [9.17, 15) is 9.90 Å². The van der Waals surface area contributed by atoms with Crippen LogP contribution in [0.3, 0.4) is 0 Å². The topological polar surface area (TPSA) is 46.5 Å². The van der Waals surface area contributed by atoms with Crippen LogP contribution in [0.5, 0.6) is 5.75 Å². The molecule has 0 aromatic heterocycles. The smallest absolute Gasteiger partial charge is 0.345 e. The minimum absolute atomic E-state index is 0.279. The zero-order valence-corrected chi connectivity index (χ0v) is 14.0. The molecule has 122 valence electrons. The van der Waals surface area contributed by atoms with E-state index in [4.69, 9.17) is 16.3 Å². The van der Waals surface area contributed by atoms with Gasteiger partial charge in [-0.25, -0.2) is 4.79 Å². The number of hydrogen-bond acceptors (Lipinski definition) is 2. The van der Waals surface area contributed by atoms with Gasteiger partial charge in [0, 0.05) is 16.8 Å². The minimum Gasteiger partial charge on any atom is -0.478 e. The van der Waals surface area contributed by atoms with E-state index in [0.29, 0.717) is 10.8 Å². The van der Waals surface area contributed by atoms with Crippen molar-refractivity contribution in [1.29, 1.82) is 0 Å². The van der Waals surface area contributed by atoms with Gasteiger partial charge in [-0.15, -0.1) is 0 Å². The maximum Gasteiger partial charge on any atom is 0.345 e. The van der Waals surface area contributed by atoms with Crippen LogP contribution >= 0.6 is 11.6 Å². The second kappa shape index (κ2) is 6.93. The van der Waals surface area contributed by atoms with Crippen LogP contribution in [0.25, 0.3) is 10.8 Å². The van der Waals surface area contributed by atoms with Crippen molar-refractivity contribution in [3.63, 3.8) is 0 Å². The Bertz CT molecular complexity index is 884. The van der Waals surface area contributed by atoms with Gasteiger partial charge in [-0.1, -0.05) is 54.1 Å². The van der Waals surface area contributed by atoms with Crippen molar-refractivity contribution in [3.05, 3.63) is 76.8 Å². The molecule has 0 radical (unpaired) electrons. The van der Waals surface area contributed by atoms with Gasteiger partial charge in [-0.2, -0.15) is 0 Å². The maximum absolute atomic E-state index is 11.7. The number of fused-ring (bicyclic) bond motifs is 1. The Kier molecular flexibility index (Phi) is 4.72. The number of benzene rings is 3. The van der Waals surface area contributed by atoms with E-state index in [1.54, 1.807) is 12.1 Å². The van der Waals surface area contributed by atoms with Crippen molar-refractivity contribution < 1.29 is 14.6 Å². The summed E-state index contributed by atoms with van der Waals surface area (Å²) in [6.45, 7) is 1.91. The van der Waals surface area contributed by atoms with Gasteiger partial charge in [-0.05, 0) is 41.6 Å². The molecule has 0 heterocycles. The first-order chi connectivity index (χ1) is 11.5. The average molecular weight is 341 g/mol. The van der Waals surface area contributed by atoms with Crippen molar-refractivity contribution >= 4 is 28.3 Å². The molecule has 0 saturated heterocycles. The number of halogens is 1. The minimum atomic E-state index is -0.989. The van der Waals surface area contributed by atoms with Crippen molar-refractivity contribution in [1.82, 2.24) is 0 Å². The third-order valence-electron chi connectivity index (χ3n) is 4.00. The number of ether oxygens (including phenoxy) is 1. The van der Waals surface area contributed by atoms with Crippen LogP contribution in [-0.4, -0.2) is 17.2 Å². The Morgan fingerprint density at radius 3 is 2.62 bits per heavy atom. The Hall–Kier alpha value is -2.52. The molecular formula is C20H17ClO3. The van der Waals surface area contributed by atoms with Crippen molar-refractivity contribution in [3.8, 4) is 5.75 Å². The van der Waals surface area contributed by atoms with E-state index < -0.39 is 12.1 Å². The molecule has 4 heteroatoms. The number of carboxylic acids is 1. The van der Waals surface area contributed by atoms with Gasteiger partial charge < -0.3 is 9.84 Å². The van der Waals surface area contributed by atoms with E-state index in [-0.39, 0.29) is 6.42 Å². The van der Waals surface area contributed by atoms with Crippen molar-refractivity contribution in [2.45, 2.75) is 19.4 Å². The molecule has 0 fully saturated rings. The van der Waals surface area contributed by atoms with Crippen LogP contribution in [0, 0.1) is 6.92 Å². The molecular weight excluding hydrogens is 324 g/mol. The number of aryl methyl sites for hydroxylation is 1. The molecule has 0 aliphatic rings. The van der Waals surface area contributed by atoms with E-state index in [0.717, 1.165) is 21.9 Å². The molecule has 0 amide bonds. The molecule has 0 saturated carbocycles. The third kappa shape index (κ3) is 3.52. The van der Waals surface area contributed by atoms with Crippen LogP contribution in [0.1, 0.15) is 11.1 Å². The highest BCUT2D eigenvalue weighted by Crippen LogP contribution is 2.27. The normalized spacial score (nSPS) is 12.1. The maximum atomic E-state index is 11.7. The largest absolute Gasteiger partial charge is 0.478 e. The summed E-state index contributed by atoms with van der Waals surface area (Å²) < 4.78 is 5.85. The third-order valence-corrected chi connectivity index (χ3v) is 4.24. The molecule has 1 N–H and O–H groups in total. The fourth-order valence-corrected chi connectivity index (χ4v) is 2.95. The summed E-state index contributed by atoms with van der Waals surface area (Å²) in [7, 11) is 0. The number of aliphatic carboxylic acids is 1. The van der Waals surface area contributed by atoms with Crippen LogP contribution in [-0.2, 0) is 11.2 Å². The number of hydrogen-bond donors (Lipinski definition) is 1. The summed E-state index contributed by atoms with van der Waals surface area (Å²) in [5, 5.41) is 12.1. The second-order valence-electron chi connectivity index (χ2n) is 5.70. The monoisotopic (exact) mass is 340 g/mol. The number of rotatable bonds is 5. The molecule has 0 unspecified atom stereocenters. The van der Waals surface area contributed by atoms with E-state index >= 15 is 0 Å². The highest BCUT2D eigenvalue weighted by Gasteiger charge is 2.21. The van der Waals surface area contributed by atoms with Gasteiger partial charge in [0.1, 0.15) is 5.75 Å². The van der Waals surface area contributed by atoms with Crippen LogP contribution in [0.15, 0.2) is 60.7 Å². The second-order valence-corrected chi connectivity index (χ2v) is 6.13. The van der Waals surface area contributed by atoms with Crippen LogP contribution in [0.2, 0.25) is 5.02 Å². The van der Waals surface area contributed by atoms with Crippen LogP contribution in [0.4, 0.5) is 0 Å². The summed E-state index contributed by atoms with van der Waals surface area (Å²) in [6, 6.07) is 18.8. The standard InChI is InChI=1S/C20H17ClO3/c1-13-11-16(21)10-9-15(13)12-19(20(22)23)24-18-8-4-6-14-5-2-3-7-17(14)18/h2-11,19H,12H2,1H3,(H,22,23)/t19-/m1/s1. The molecule has 0 aliphatic carbocycles. The zero-order chi connectivity index (χ0) is 17.1. The summed E-state index contributed by atoms with van der Waals surface area (Å²) >= 11 is 5.96. The summed E-state index contributed by atoms with van der Waals surface area (Å²) in [6.07, 6.45) is -0.683. The SMILES string of the molecule is Cc1cc(Cl)ccc1C[C@@H](Oc1cccc2ccccc12)C(=O)O. The lowest BCUT2D eigenvalue weighted by atomic mass is 10.0. The number of carbonyl (C=O) groups is 1. The zero-order valence-electron chi connectivity index (χ0n) is 13.2. The van der Waals surface area contributed by atoms with Gasteiger partial charge >= 0.3 is 5.97 Å². The first-order valence-corrected chi connectivity index (χ1v) is 8.04. The quantitative estimate of drug-likeness (QED) is 0.720. The molecule has 0 spiro atoms. The van der Waals surface area contributed by atoms with Gasteiger partial charge in [-0.3, -0.25) is 0 Å². The first-order valence-electron chi connectivity index (χ1n) is 7.67. The van der Waals surface area contributed by atoms with Gasteiger partial charge in [0.2, 0.25) is 0 Å². The first kappa shape index (κ1) is 16.3. The molecule has 24 heavy (non-hydrogen) atoms. The summed E-state index contributed by atoms with van der Waals surface area (Å²) in [4.78, 5) is 11.7. The molecule has 0 bridgehead atoms. The Labute approximate surface area is 145 Å². The Balaban J connectivity index is 1.90. The predicted octanol–water partition coefficient (Wildman–Crippen LogP) is 4.88. The fraction of sp³-hybridized carbons (Fsp3) is 0.150. The molecule has 0 aliphatic heterocycles. The lowest BCUT2D eigenvalue weighted by molar-refractivity contribution is -0.144. The lowest BCUT2D eigenvalue weighted by Crippen LogP contribution is -2.29. The average Bonchev–Trinajstić information content (AvgIpc) is 2.56. The van der Waals surface area contributed by atoms with Crippen molar-refractivity contribution in [2.24, 2.45) is 0 Å². The highest BCUT2D eigenvalue weighted by atomic mass is 35.5. The highest BCUT2D eigenvalue weighted by molar-refractivity contribution is 6.30. The summed E-state index contributed by atoms with van der Waals surface area (Å²) in [5.74, 6) is -0.413. The molecule has 3 rings (SSSR count). The molecule has 3 nitrogen and oxygen atoms in total. The number of carboxylic acid groups (broad SMARTS) is 1.